The third-order valence-electron chi connectivity index (χ3n) is 5.61. The second-order valence-electron chi connectivity index (χ2n) is 8.16. The number of nitro groups is 1. The molecule has 0 fully saturated rings. The number of nitrogens with one attached hydrogen (secondary N) is 1. The molecular weight excluding hydrogens is 466 g/mol. The Hall–Kier alpha value is -4.74. The predicted molar refractivity (Wildman–Crippen MR) is 133 cm³/mol. The van der Waals surface area contributed by atoms with Crippen molar-refractivity contribution in [3.63, 3.8) is 0 Å². The normalized spacial score (nSPS) is 10.9. The zero-order chi connectivity index (χ0) is 25.7. The molecule has 0 saturated carbocycles. The third kappa shape index (κ3) is 5.32. The molecule has 2 aromatic heterocycles. The fourth-order valence-electron chi connectivity index (χ4n) is 3.77. The van der Waals surface area contributed by atoms with Crippen LogP contribution in [-0.4, -0.2) is 24.6 Å². The predicted octanol–water partition coefficient (Wildman–Crippen LogP) is 3.08. The molecule has 4 aromatic rings. The van der Waals surface area contributed by atoms with E-state index in [1.807, 2.05) is 37.3 Å². The monoisotopic (exact) mass is 491 g/mol. The topological polar surface area (TPSA) is 166 Å². The van der Waals surface area contributed by atoms with Gasteiger partial charge in [-0.15, -0.1) is 0 Å². The van der Waals surface area contributed by atoms with Gasteiger partial charge >= 0.3 is 5.69 Å². The van der Waals surface area contributed by atoms with Crippen molar-refractivity contribution in [1.29, 1.82) is 0 Å². The summed E-state index contributed by atoms with van der Waals surface area (Å²) in [5, 5.41) is 14.9. The molecule has 4 rings (SSSR count). The Kier molecular flexibility index (Phi) is 7.23. The summed E-state index contributed by atoms with van der Waals surface area (Å²) in [5.74, 6) is 0.502. The average molecular weight is 492 g/mol. The van der Waals surface area contributed by atoms with E-state index in [0.717, 1.165) is 18.4 Å². The number of rotatable bonds is 10. The summed E-state index contributed by atoms with van der Waals surface area (Å²) in [4.78, 5) is 44.2. The lowest BCUT2D eigenvalue weighted by Crippen LogP contribution is -2.38. The van der Waals surface area contributed by atoms with Gasteiger partial charge in [-0.2, -0.15) is 4.98 Å². The summed E-state index contributed by atoms with van der Waals surface area (Å²) in [5.41, 5.74) is 6.69. The fourth-order valence-corrected chi connectivity index (χ4v) is 3.77. The number of aromatic nitrogens is 4. The number of nitrogen functional groups attached to an aromatic ring is 1. The number of hydrogen-bond donors (Lipinski definition) is 2. The van der Waals surface area contributed by atoms with Gasteiger partial charge in [-0.05, 0) is 24.1 Å². The van der Waals surface area contributed by atoms with E-state index >= 15 is 0 Å². The van der Waals surface area contributed by atoms with E-state index in [0.29, 0.717) is 12.1 Å². The van der Waals surface area contributed by atoms with Crippen LogP contribution in [0.15, 0.2) is 68.7 Å². The quantitative estimate of drug-likeness (QED) is 0.250. The zero-order valence-electron chi connectivity index (χ0n) is 19.6. The molecule has 3 N–H and O–H groups in total. The first kappa shape index (κ1) is 24.4. The largest absolute Gasteiger partial charge is 0.383 e. The maximum absolute atomic E-state index is 12.9. The number of nitrogens with zero attached hydrogens (tertiary/aromatic N) is 5. The fraction of sp³-hybridized carbons (Fsp3) is 0.250. The van der Waals surface area contributed by atoms with Gasteiger partial charge in [-0.3, -0.25) is 24.5 Å². The van der Waals surface area contributed by atoms with Gasteiger partial charge < -0.3 is 15.2 Å². The molecule has 0 amide bonds. The summed E-state index contributed by atoms with van der Waals surface area (Å²) in [6, 6.07) is 15.2. The molecule has 186 valence electrons. The molecule has 2 aromatic carbocycles. The van der Waals surface area contributed by atoms with Gasteiger partial charge in [0, 0.05) is 30.8 Å². The SMILES string of the molecule is CCCCn1c(N)c(N(Cc2ccccc2)Cc2nc(-c3ccc([N+](=O)[O-])cc3)no2)c(=O)[nH]c1=O. The first-order chi connectivity index (χ1) is 17.4. The Morgan fingerprint density at radius 1 is 1.11 bits per heavy atom. The van der Waals surface area contributed by atoms with E-state index in [1.165, 1.54) is 28.8 Å². The van der Waals surface area contributed by atoms with Crippen molar-refractivity contribution in [3.05, 3.63) is 97.0 Å². The number of H-pyrrole nitrogens is 1. The van der Waals surface area contributed by atoms with Crippen LogP contribution in [0.1, 0.15) is 31.2 Å². The maximum Gasteiger partial charge on any atom is 0.330 e. The number of unbranched alkanes of at least 4 members (excludes halogenated alkanes) is 1. The molecule has 0 aliphatic carbocycles. The number of benzene rings is 2. The second kappa shape index (κ2) is 10.7. The number of non-ortho nitro benzene ring substituents is 1. The van der Waals surface area contributed by atoms with E-state index in [-0.39, 0.29) is 42.0 Å². The van der Waals surface area contributed by atoms with Crippen LogP contribution in [0.3, 0.4) is 0 Å². The van der Waals surface area contributed by atoms with E-state index in [4.69, 9.17) is 10.3 Å². The minimum atomic E-state index is -0.615. The number of hydrogen-bond acceptors (Lipinski definition) is 9. The van der Waals surface area contributed by atoms with Crippen molar-refractivity contribution < 1.29 is 9.45 Å². The zero-order valence-corrected chi connectivity index (χ0v) is 19.6. The van der Waals surface area contributed by atoms with Gasteiger partial charge in [-0.25, -0.2) is 4.79 Å². The average Bonchev–Trinajstić information content (AvgIpc) is 3.33. The maximum atomic E-state index is 12.9. The molecule has 0 bridgehead atoms. The molecule has 0 aliphatic rings. The highest BCUT2D eigenvalue weighted by Crippen LogP contribution is 2.24. The van der Waals surface area contributed by atoms with Gasteiger partial charge in [0.1, 0.15) is 11.5 Å². The van der Waals surface area contributed by atoms with Crippen LogP contribution in [-0.2, 0) is 19.6 Å². The molecule has 12 nitrogen and oxygen atoms in total. The summed E-state index contributed by atoms with van der Waals surface area (Å²) in [7, 11) is 0. The number of nitrogens with two attached hydrogens (primary N) is 1. The Balaban J connectivity index is 1.70. The van der Waals surface area contributed by atoms with E-state index < -0.39 is 16.2 Å². The van der Waals surface area contributed by atoms with Crippen molar-refractivity contribution in [2.24, 2.45) is 0 Å². The van der Waals surface area contributed by atoms with Gasteiger partial charge in [-0.1, -0.05) is 48.8 Å². The summed E-state index contributed by atoms with van der Waals surface area (Å²) < 4.78 is 6.78. The molecule has 0 atom stereocenters. The van der Waals surface area contributed by atoms with E-state index in [1.54, 1.807) is 4.90 Å². The molecule has 12 heteroatoms. The molecular formula is C24H25N7O5. The summed E-state index contributed by atoms with van der Waals surface area (Å²) in [6.07, 6.45) is 1.57. The van der Waals surface area contributed by atoms with Crippen LogP contribution in [0.4, 0.5) is 17.2 Å². The lowest BCUT2D eigenvalue weighted by molar-refractivity contribution is -0.384. The molecule has 2 heterocycles. The van der Waals surface area contributed by atoms with Crippen LogP contribution in [0, 0.1) is 10.1 Å². The molecule has 0 saturated heterocycles. The van der Waals surface area contributed by atoms with Crippen molar-refractivity contribution >= 4 is 17.2 Å². The minimum absolute atomic E-state index is 0.0359. The van der Waals surface area contributed by atoms with Crippen molar-refractivity contribution in [3.8, 4) is 11.4 Å². The lowest BCUT2D eigenvalue weighted by atomic mass is 10.2. The van der Waals surface area contributed by atoms with Crippen LogP contribution in [0.25, 0.3) is 11.4 Å². The Bertz CT molecular complexity index is 1460. The molecule has 0 aliphatic heterocycles. The molecule has 0 unspecified atom stereocenters. The first-order valence-corrected chi connectivity index (χ1v) is 11.4. The highest BCUT2D eigenvalue weighted by molar-refractivity contribution is 5.63. The molecule has 36 heavy (non-hydrogen) atoms. The summed E-state index contributed by atoms with van der Waals surface area (Å²) in [6.45, 7) is 2.69. The molecule has 0 spiro atoms. The highest BCUT2D eigenvalue weighted by Gasteiger charge is 2.22. The number of nitro benzene ring substituents is 1. The van der Waals surface area contributed by atoms with Crippen LogP contribution in [0.5, 0.6) is 0 Å². The van der Waals surface area contributed by atoms with E-state index in [2.05, 4.69) is 15.1 Å². The Labute approximate surface area is 205 Å². The van der Waals surface area contributed by atoms with E-state index in [9.17, 15) is 19.7 Å². The van der Waals surface area contributed by atoms with Crippen molar-refractivity contribution in [2.45, 2.75) is 39.4 Å². The van der Waals surface area contributed by atoms with Crippen LogP contribution >= 0.6 is 0 Å². The minimum Gasteiger partial charge on any atom is -0.383 e. The van der Waals surface area contributed by atoms with Crippen molar-refractivity contribution in [2.75, 3.05) is 10.6 Å². The Morgan fingerprint density at radius 2 is 1.83 bits per heavy atom. The Morgan fingerprint density at radius 3 is 2.50 bits per heavy atom. The van der Waals surface area contributed by atoms with Gasteiger partial charge in [0.25, 0.3) is 11.2 Å². The highest BCUT2D eigenvalue weighted by atomic mass is 16.6. The number of aromatic amines is 1. The number of anilines is 2. The standard InChI is InChI=1S/C24H25N7O5/c1-2-3-13-30-21(25)20(23(32)27-24(30)33)29(14-16-7-5-4-6-8-16)15-19-26-22(28-36-19)17-9-11-18(12-10-17)31(34)35/h4-12H,2-3,13-15,25H2,1H3,(H,27,32,33). The lowest BCUT2D eigenvalue weighted by Gasteiger charge is -2.25. The third-order valence-corrected chi connectivity index (χ3v) is 5.61. The smallest absolute Gasteiger partial charge is 0.330 e. The summed E-state index contributed by atoms with van der Waals surface area (Å²) >= 11 is 0. The van der Waals surface area contributed by atoms with Crippen LogP contribution in [0.2, 0.25) is 0 Å². The first-order valence-electron chi connectivity index (χ1n) is 11.4. The van der Waals surface area contributed by atoms with Gasteiger partial charge in [0.15, 0.2) is 0 Å². The second-order valence-corrected chi connectivity index (χ2v) is 8.16. The van der Waals surface area contributed by atoms with Gasteiger partial charge in [0.05, 0.1) is 11.5 Å². The molecule has 0 radical (unpaired) electrons. The van der Waals surface area contributed by atoms with Crippen LogP contribution < -0.4 is 21.9 Å². The van der Waals surface area contributed by atoms with Crippen molar-refractivity contribution in [1.82, 2.24) is 19.7 Å². The van der Waals surface area contributed by atoms with Gasteiger partial charge in [0.2, 0.25) is 11.7 Å².